The molecule has 0 unspecified atom stereocenters. The molecule has 0 radical (unpaired) electrons. The maximum atomic E-state index is 12.5. The Morgan fingerprint density at radius 2 is 2.00 bits per heavy atom. The van der Waals surface area contributed by atoms with Crippen LogP contribution in [-0.4, -0.2) is 11.6 Å². The first-order valence-electron chi connectivity index (χ1n) is 5.12. The number of unbranched alkanes of at least 4 members (excludes halogenated alkanes) is 1. The van der Waals surface area contributed by atoms with Crippen molar-refractivity contribution in [3.8, 4) is 5.88 Å². The maximum Gasteiger partial charge on any atom is 0.416 e. The van der Waals surface area contributed by atoms with Gasteiger partial charge in [-0.05, 0) is 19.4 Å². The van der Waals surface area contributed by atoms with Crippen molar-refractivity contribution in [1.29, 1.82) is 0 Å². The lowest BCUT2D eigenvalue weighted by atomic mass is 10.2. The largest absolute Gasteiger partial charge is 0.478 e. The minimum atomic E-state index is -4.35. The zero-order valence-electron chi connectivity index (χ0n) is 9.27. The van der Waals surface area contributed by atoms with Gasteiger partial charge in [0.1, 0.15) is 0 Å². The van der Waals surface area contributed by atoms with Gasteiger partial charge in [-0.25, -0.2) is 4.98 Å². The van der Waals surface area contributed by atoms with Crippen LogP contribution in [0, 0.1) is 6.92 Å². The van der Waals surface area contributed by atoms with Crippen molar-refractivity contribution < 1.29 is 17.9 Å². The molecule has 90 valence electrons. The highest BCUT2D eigenvalue weighted by Gasteiger charge is 2.31. The van der Waals surface area contributed by atoms with E-state index in [0.29, 0.717) is 12.3 Å². The molecule has 0 aliphatic carbocycles. The lowest BCUT2D eigenvalue weighted by molar-refractivity contribution is -0.137. The first-order valence-corrected chi connectivity index (χ1v) is 5.12. The van der Waals surface area contributed by atoms with Gasteiger partial charge < -0.3 is 4.74 Å². The normalized spacial score (nSPS) is 11.6. The molecule has 0 N–H and O–H groups in total. The van der Waals surface area contributed by atoms with Crippen LogP contribution in [0.3, 0.4) is 0 Å². The molecule has 16 heavy (non-hydrogen) atoms. The van der Waals surface area contributed by atoms with E-state index >= 15 is 0 Å². The van der Waals surface area contributed by atoms with Gasteiger partial charge >= 0.3 is 6.18 Å². The van der Waals surface area contributed by atoms with Crippen molar-refractivity contribution in [1.82, 2.24) is 4.98 Å². The van der Waals surface area contributed by atoms with E-state index in [1.165, 1.54) is 6.92 Å². The fourth-order valence-electron chi connectivity index (χ4n) is 1.20. The third kappa shape index (κ3) is 3.72. The number of rotatable bonds is 4. The van der Waals surface area contributed by atoms with Crippen LogP contribution < -0.4 is 4.74 Å². The first kappa shape index (κ1) is 12.8. The molecule has 0 fully saturated rings. The zero-order valence-corrected chi connectivity index (χ0v) is 9.27. The Morgan fingerprint density at radius 1 is 1.31 bits per heavy atom. The minimum Gasteiger partial charge on any atom is -0.478 e. The molecule has 0 saturated carbocycles. The van der Waals surface area contributed by atoms with Crippen LogP contribution in [-0.2, 0) is 6.18 Å². The van der Waals surface area contributed by atoms with Gasteiger partial charge in [-0.2, -0.15) is 13.2 Å². The van der Waals surface area contributed by atoms with Crippen LogP contribution in [0.2, 0.25) is 0 Å². The molecule has 0 saturated heterocycles. The van der Waals surface area contributed by atoms with Crippen molar-refractivity contribution in [2.45, 2.75) is 32.9 Å². The average molecular weight is 233 g/mol. The Kier molecular flexibility index (Phi) is 4.15. The lowest BCUT2D eigenvalue weighted by Gasteiger charge is -2.10. The van der Waals surface area contributed by atoms with E-state index in [4.69, 9.17) is 4.74 Å². The van der Waals surface area contributed by atoms with Crippen LogP contribution in [0.25, 0.3) is 0 Å². The topological polar surface area (TPSA) is 22.1 Å². The minimum absolute atomic E-state index is 0.0424. The summed E-state index contributed by atoms with van der Waals surface area (Å²) in [6.45, 7) is 3.89. The average Bonchev–Trinajstić information content (AvgIpc) is 2.16. The summed E-state index contributed by atoms with van der Waals surface area (Å²) in [6.07, 6.45) is -2.62. The maximum absolute atomic E-state index is 12.5. The molecular weight excluding hydrogens is 219 g/mol. The third-order valence-electron chi connectivity index (χ3n) is 2.01. The molecule has 0 aromatic carbocycles. The standard InChI is InChI=1S/C11H14F3NO/c1-3-4-5-16-10-7-9(11(12,13)14)6-8(2)15-10/h6-7H,3-5H2,1-2H3. The van der Waals surface area contributed by atoms with Gasteiger partial charge in [0.05, 0.1) is 12.2 Å². The summed E-state index contributed by atoms with van der Waals surface area (Å²) in [7, 11) is 0. The van der Waals surface area contributed by atoms with Crippen LogP contribution in [0.4, 0.5) is 13.2 Å². The van der Waals surface area contributed by atoms with Crippen molar-refractivity contribution in [2.24, 2.45) is 0 Å². The van der Waals surface area contributed by atoms with Gasteiger partial charge in [-0.3, -0.25) is 0 Å². The van der Waals surface area contributed by atoms with Crippen LogP contribution in [0.5, 0.6) is 5.88 Å². The van der Waals surface area contributed by atoms with Gasteiger partial charge in [0.25, 0.3) is 0 Å². The number of pyridine rings is 1. The molecule has 2 nitrogen and oxygen atoms in total. The van der Waals surface area contributed by atoms with Crippen molar-refractivity contribution in [2.75, 3.05) is 6.61 Å². The second-order valence-electron chi connectivity index (χ2n) is 3.54. The molecule has 0 spiro atoms. The van der Waals surface area contributed by atoms with E-state index in [0.717, 1.165) is 25.0 Å². The molecule has 1 aromatic heterocycles. The van der Waals surface area contributed by atoms with Gasteiger partial charge in [-0.1, -0.05) is 13.3 Å². The summed E-state index contributed by atoms with van der Waals surface area (Å²) < 4.78 is 42.5. The first-order chi connectivity index (χ1) is 7.43. The molecule has 0 aliphatic rings. The molecule has 0 amide bonds. The molecule has 0 aliphatic heterocycles. The Bertz CT molecular complexity index is 350. The Hall–Kier alpha value is -1.26. The fraction of sp³-hybridized carbons (Fsp3) is 0.545. The van der Waals surface area contributed by atoms with Gasteiger partial charge in [0.15, 0.2) is 0 Å². The van der Waals surface area contributed by atoms with Crippen LogP contribution >= 0.6 is 0 Å². The number of aryl methyl sites for hydroxylation is 1. The molecule has 1 aromatic rings. The summed E-state index contributed by atoms with van der Waals surface area (Å²) >= 11 is 0. The quantitative estimate of drug-likeness (QED) is 0.741. The zero-order chi connectivity index (χ0) is 12.2. The number of alkyl halides is 3. The second-order valence-corrected chi connectivity index (χ2v) is 3.54. The second kappa shape index (κ2) is 5.18. The Balaban J connectivity index is 2.82. The predicted molar refractivity (Wildman–Crippen MR) is 54.4 cm³/mol. The third-order valence-corrected chi connectivity index (χ3v) is 2.01. The molecule has 0 bridgehead atoms. The van der Waals surface area contributed by atoms with E-state index in [1.807, 2.05) is 6.92 Å². The van der Waals surface area contributed by atoms with E-state index in [9.17, 15) is 13.2 Å². The Morgan fingerprint density at radius 3 is 2.56 bits per heavy atom. The summed E-state index contributed by atoms with van der Waals surface area (Å²) in [4.78, 5) is 3.90. The number of halogens is 3. The van der Waals surface area contributed by atoms with Gasteiger partial charge in [-0.15, -0.1) is 0 Å². The smallest absolute Gasteiger partial charge is 0.416 e. The molecule has 1 heterocycles. The number of ether oxygens (including phenoxy) is 1. The van der Waals surface area contributed by atoms with Crippen LogP contribution in [0.1, 0.15) is 31.0 Å². The van der Waals surface area contributed by atoms with E-state index in [2.05, 4.69) is 4.98 Å². The Labute approximate surface area is 92.5 Å². The number of hydrogen-bond donors (Lipinski definition) is 0. The SMILES string of the molecule is CCCCOc1cc(C(F)(F)F)cc(C)n1. The number of aromatic nitrogens is 1. The molecule has 1 rings (SSSR count). The summed E-state index contributed by atoms with van der Waals surface area (Å²) in [5.41, 5.74) is -0.409. The van der Waals surface area contributed by atoms with E-state index in [-0.39, 0.29) is 5.88 Å². The summed E-state index contributed by atoms with van der Waals surface area (Å²) in [5, 5.41) is 0. The molecule has 0 atom stereocenters. The van der Waals surface area contributed by atoms with E-state index < -0.39 is 11.7 Å². The lowest BCUT2D eigenvalue weighted by Crippen LogP contribution is -2.08. The van der Waals surface area contributed by atoms with Gasteiger partial charge in [0, 0.05) is 11.8 Å². The molecular formula is C11H14F3NO. The summed E-state index contributed by atoms with van der Waals surface area (Å²) in [5.74, 6) is 0.0424. The highest BCUT2D eigenvalue weighted by atomic mass is 19.4. The number of nitrogens with zero attached hydrogens (tertiary/aromatic N) is 1. The highest BCUT2D eigenvalue weighted by molar-refractivity contribution is 5.26. The van der Waals surface area contributed by atoms with E-state index in [1.54, 1.807) is 0 Å². The number of hydrogen-bond acceptors (Lipinski definition) is 2. The molecule has 5 heteroatoms. The monoisotopic (exact) mass is 233 g/mol. The predicted octanol–water partition coefficient (Wildman–Crippen LogP) is 3.59. The summed E-state index contributed by atoms with van der Waals surface area (Å²) in [6, 6.07) is 1.94. The van der Waals surface area contributed by atoms with Crippen LogP contribution in [0.15, 0.2) is 12.1 Å². The van der Waals surface area contributed by atoms with Crippen molar-refractivity contribution >= 4 is 0 Å². The van der Waals surface area contributed by atoms with Crippen molar-refractivity contribution in [3.63, 3.8) is 0 Å². The highest BCUT2D eigenvalue weighted by Crippen LogP contribution is 2.31. The fourth-order valence-corrected chi connectivity index (χ4v) is 1.20. The van der Waals surface area contributed by atoms with Gasteiger partial charge in [0.2, 0.25) is 5.88 Å². The van der Waals surface area contributed by atoms with Crippen molar-refractivity contribution in [3.05, 3.63) is 23.4 Å².